The van der Waals surface area contributed by atoms with Crippen LogP contribution in [0.2, 0.25) is 0 Å². The number of alkyl halides is 11. The van der Waals surface area contributed by atoms with Crippen LogP contribution in [0.3, 0.4) is 0 Å². The van der Waals surface area contributed by atoms with Crippen molar-refractivity contribution in [2.24, 2.45) is 11.0 Å². The molecule has 0 spiro atoms. The van der Waals surface area contributed by atoms with E-state index < -0.39 is 41.8 Å². The summed E-state index contributed by atoms with van der Waals surface area (Å²) in [6.07, 6.45) is -19.7. The molecule has 0 aliphatic heterocycles. The third-order valence-electron chi connectivity index (χ3n) is 2.69. The molecule has 0 saturated carbocycles. The molecular weight excluding hydrogens is 381 g/mol. The van der Waals surface area contributed by atoms with Gasteiger partial charge in [0, 0.05) is 0 Å². The average molecular weight is 388 g/mol. The smallest absolute Gasteiger partial charge is 0.278 e. The Morgan fingerprint density at radius 1 is 0.760 bits per heavy atom. The molecule has 13 heteroatoms. The van der Waals surface area contributed by atoms with Crippen LogP contribution >= 0.6 is 0 Å². The van der Waals surface area contributed by atoms with Gasteiger partial charge in [-0.3, -0.25) is 5.43 Å². The molecule has 1 rings (SSSR count). The topological polar surface area (TPSA) is 24.4 Å². The monoisotopic (exact) mass is 388 g/mol. The molecule has 2 nitrogen and oxygen atoms in total. The maximum Gasteiger partial charge on any atom is 0.459 e. The van der Waals surface area contributed by atoms with Gasteiger partial charge in [-0.25, -0.2) is 0 Å². The highest BCUT2D eigenvalue weighted by atomic mass is 19.4. The summed E-state index contributed by atoms with van der Waals surface area (Å²) in [5.41, 5.74) is -2.50. The Morgan fingerprint density at radius 2 is 1.20 bits per heavy atom. The largest absolute Gasteiger partial charge is 0.459 e. The first-order valence-electron chi connectivity index (χ1n) is 6.05. The van der Waals surface area contributed by atoms with Crippen molar-refractivity contribution in [3.63, 3.8) is 0 Å². The van der Waals surface area contributed by atoms with Crippen LogP contribution in [0.1, 0.15) is 0 Å². The van der Waals surface area contributed by atoms with Gasteiger partial charge in [0.25, 0.3) is 0 Å². The zero-order valence-electron chi connectivity index (χ0n) is 11.6. The number of rotatable bonds is 4. The van der Waals surface area contributed by atoms with E-state index in [1.807, 2.05) is 0 Å². The van der Waals surface area contributed by atoms with Gasteiger partial charge in [-0.2, -0.15) is 53.4 Å². The second-order valence-corrected chi connectivity index (χ2v) is 4.56. The summed E-state index contributed by atoms with van der Waals surface area (Å²) in [5, 5.41) is 2.12. The lowest BCUT2D eigenvalue weighted by molar-refractivity contribution is -0.280. The number of benzene rings is 1. The molecule has 0 aliphatic carbocycles. The van der Waals surface area contributed by atoms with Crippen molar-refractivity contribution in [2.75, 3.05) is 5.43 Å². The van der Waals surface area contributed by atoms with Crippen molar-refractivity contribution in [3.05, 3.63) is 30.3 Å². The fourth-order valence-corrected chi connectivity index (χ4v) is 1.59. The third-order valence-corrected chi connectivity index (χ3v) is 2.69. The summed E-state index contributed by atoms with van der Waals surface area (Å²) in [5.74, 6) is -11.6. The quantitative estimate of drug-likeness (QED) is 0.417. The van der Waals surface area contributed by atoms with Crippen LogP contribution in [0.4, 0.5) is 54.0 Å². The lowest BCUT2D eigenvalue weighted by atomic mass is 9.96. The van der Waals surface area contributed by atoms with E-state index in [1.165, 1.54) is 23.6 Å². The molecular formula is C12H7F11N2. The fraction of sp³-hybridized carbons (Fsp3) is 0.417. The molecule has 0 radical (unpaired) electrons. The fourth-order valence-electron chi connectivity index (χ4n) is 1.59. The molecule has 0 heterocycles. The van der Waals surface area contributed by atoms with Gasteiger partial charge < -0.3 is 0 Å². The van der Waals surface area contributed by atoms with Crippen molar-refractivity contribution < 1.29 is 48.3 Å². The van der Waals surface area contributed by atoms with E-state index in [1.54, 1.807) is 0 Å². The first-order chi connectivity index (χ1) is 11.1. The Hall–Kier alpha value is -2.08. The molecule has 0 aliphatic rings. The van der Waals surface area contributed by atoms with E-state index in [9.17, 15) is 48.3 Å². The lowest BCUT2D eigenvalue weighted by Gasteiger charge is -2.29. The summed E-state index contributed by atoms with van der Waals surface area (Å²) < 4.78 is 139. The first kappa shape index (κ1) is 21.0. The average Bonchev–Trinajstić information content (AvgIpc) is 2.40. The van der Waals surface area contributed by atoms with E-state index in [4.69, 9.17) is 0 Å². The molecule has 0 atom stereocenters. The molecule has 0 fully saturated rings. The minimum Gasteiger partial charge on any atom is -0.278 e. The number of hydrogen-bond acceptors (Lipinski definition) is 2. The van der Waals surface area contributed by atoms with E-state index >= 15 is 0 Å². The van der Waals surface area contributed by atoms with Crippen LogP contribution in [0.5, 0.6) is 0 Å². The molecule has 0 bridgehead atoms. The molecule has 1 aromatic rings. The normalized spacial score (nSPS) is 14.8. The highest BCUT2D eigenvalue weighted by Crippen LogP contribution is 2.47. The lowest BCUT2D eigenvalue weighted by Crippen LogP contribution is -2.55. The van der Waals surface area contributed by atoms with Crippen LogP contribution in [0.25, 0.3) is 0 Å². The number of hydrazone groups is 1. The van der Waals surface area contributed by atoms with E-state index in [-0.39, 0.29) is 0 Å². The summed E-state index contributed by atoms with van der Waals surface area (Å²) in [6.45, 7) is 0. The Balaban J connectivity index is 3.51. The van der Waals surface area contributed by atoms with Crippen molar-refractivity contribution in [2.45, 2.75) is 24.5 Å². The van der Waals surface area contributed by atoms with Crippen molar-refractivity contribution >= 4 is 11.4 Å². The number of hydrogen-bond donors (Lipinski definition) is 1. The zero-order valence-corrected chi connectivity index (χ0v) is 11.6. The van der Waals surface area contributed by atoms with Crippen LogP contribution in [-0.2, 0) is 0 Å². The Bertz CT molecular complexity index is 584. The predicted octanol–water partition coefficient (Wildman–Crippen LogP) is 5.39. The van der Waals surface area contributed by atoms with Gasteiger partial charge in [-0.1, -0.05) is 18.2 Å². The molecule has 0 amide bonds. The Labute approximate surface area is 132 Å². The van der Waals surface area contributed by atoms with E-state index in [0.717, 1.165) is 12.1 Å². The maximum absolute atomic E-state index is 13.3. The molecule has 0 unspecified atom stereocenters. The van der Waals surface area contributed by atoms with E-state index in [0.29, 0.717) is 0 Å². The van der Waals surface area contributed by atoms with Gasteiger partial charge in [0.1, 0.15) is 5.71 Å². The highest BCUT2D eigenvalue weighted by molar-refractivity contribution is 5.95. The van der Waals surface area contributed by atoms with Crippen molar-refractivity contribution in [3.8, 4) is 0 Å². The summed E-state index contributed by atoms with van der Waals surface area (Å²) in [7, 11) is 0. The second-order valence-electron chi connectivity index (χ2n) is 4.56. The second kappa shape index (κ2) is 6.67. The third kappa shape index (κ3) is 4.95. The van der Waals surface area contributed by atoms with Gasteiger partial charge in [-0.15, -0.1) is 0 Å². The van der Waals surface area contributed by atoms with E-state index in [2.05, 4.69) is 5.10 Å². The van der Waals surface area contributed by atoms with Gasteiger partial charge in [-0.05, 0) is 12.1 Å². The van der Waals surface area contributed by atoms with Crippen LogP contribution in [0.15, 0.2) is 35.4 Å². The first-order valence-corrected chi connectivity index (χ1v) is 6.05. The summed E-state index contributed by atoms with van der Waals surface area (Å²) in [6, 6.07) is 5.66. The van der Waals surface area contributed by atoms with Crippen LogP contribution < -0.4 is 5.43 Å². The molecule has 1 aromatic carbocycles. The summed E-state index contributed by atoms with van der Waals surface area (Å²) >= 11 is 0. The number of nitrogens with zero attached hydrogens (tertiary/aromatic N) is 1. The minimum atomic E-state index is -6.72. The Morgan fingerprint density at radius 3 is 1.56 bits per heavy atom. The van der Waals surface area contributed by atoms with Crippen molar-refractivity contribution in [1.82, 2.24) is 0 Å². The molecule has 0 aromatic heterocycles. The molecule has 25 heavy (non-hydrogen) atoms. The number of halogens is 11. The molecule has 142 valence electrons. The van der Waals surface area contributed by atoms with Crippen LogP contribution in [-0.4, -0.2) is 30.2 Å². The molecule has 1 N–H and O–H groups in total. The van der Waals surface area contributed by atoms with Gasteiger partial charge in [0.2, 0.25) is 0 Å². The number of anilines is 1. The van der Waals surface area contributed by atoms with Crippen molar-refractivity contribution in [1.29, 1.82) is 0 Å². The van der Waals surface area contributed by atoms with Crippen LogP contribution in [0, 0.1) is 5.92 Å². The van der Waals surface area contributed by atoms with Gasteiger partial charge in [0.05, 0.1) is 5.69 Å². The highest BCUT2D eigenvalue weighted by Gasteiger charge is 2.71. The SMILES string of the molecule is FC(F)(F)C(/C(=N\Nc1ccccc1)C(F)(F)C(F)(F)F)C(F)(F)F. The predicted molar refractivity (Wildman–Crippen MR) is 64.1 cm³/mol. The summed E-state index contributed by atoms with van der Waals surface area (Å²) in [4.78, 5) is 0. The molecule has 0 saturated heterocycles. The number of nitrogens with one attached hydrogen (secondary N) is 1. The number of para-hydroxylation sites is 1. The maximum atomic E-state index is 13.3. The van der Waals surface area contributed by atoms with Gasteiger partial charge in [0.15, 0.2) is 5.92 Å². The zero-order chi connectivity index (χ0) is 19.7. The standard InChI is InChI=1S/C12H7F11N2/c13-9(14,12(21,22)23)8(7(10(15,16)17)11(18,19)20)25-24-6-4-2-1-3-5-6/h1-5,7,24H/b25-8+. The van der Waals surface area contributed by atoms with Gasteiger partial charge >= 0.3 is 24.5 Å². The minimum absolute atomic E-state index is 0.402. The Kier molecular flexibility index (Phi) is 5.59.